The molecule has 0 atom stereocenters. The van der Waals surface area contributed by atoms with Crippen molar-refractivity contribution in [1.29, 1.82) is 0 Å². The molecule has 19 heavy (non-hydrogen) atoms. The Morgan fingerprint density at radius 2 is 2.05 bits per heavy atom. The van der Waals surface area contributed by atoms with Gasteiger partial charge in [-0.3, -0.25) is 9.59 Å². The van der Waals surface area contributed by atoms with Gasteiger partial charge in [0.2, 0.25) is 5.91 Å². The Bertz CT molecular complexity index is 625. The predicted octanol–water partition coefficient (Wildman–Crippen LogP) is -0.354. The lowest BCUT2D eigenvalue weighted by Crippen LogP contribution is -2.38. The first-order valence-corrected chi connectivity index (χ1v) is 8.17. The van der Waals surface area contributed by atoms with Crippen LogP contribution in [0.1, 0.15) is 18.5 Å². The summed E-state index contributed by atoms with van der Waals surface area (Å²) in [5.74, 6) is -0.235. The van der Waals surface area contributed by atoms with Crippen LogP contribution in [0, 0.1) is 6.92 Å². The van der Waals surface area contributed by atoms with Crippen LogP contribution in [-0.2, 0) is 14.8 Å². The first kappa shape index (κ1) is 14.2. The molecule has 1 aromatic rings. The predicted molar refractivity (Wildman–Crippen MR) is 70.7 cm³/mol. The summed E-state index contributed by atoms with van der Waals surface area (Å²) in [4.78, 5) is 26.5. The average Bonchev–Trinajstić information content (AvgIpc) is 2.96. The number of aryl methyl sites for hydroxylation is 1. The first-order valence-electron chi connectivity index (χ1n) is 5.87. The van der Waals surface area contributed by atoms with E-state index >= 15 is 0 Å². The van der Waals surface area contributed by atoms with E-state index in [9.17, 15) is 18.0 Å². The molecule has 0 aromatic carbocycles. The molecule has 2 rings (SSSR count). The van der Waals surface area contributed by atoms with E-state index in [0.717, 1.165) is 12.8 Å². The summed E-state index contributed by atoms with van der Waals surface area (Å²) in [5, 5.41) is 0. The minimum atomic E-state index is -3.80. The number of hydrogen-bond donors (Lipinski definition) is 2. The van der Waals surface area contributed by atoms with Crippen LogP contribution in [0.5, 0.6) is 0 Å². The van der Waals surface area contributed by atoms with E-state index in [-0.39, 0.29) is 22.4 Å². The lowest BCUT2D eigenvalue weighted by Gasteiger charge is -2.15. The van der Waals surface area contributed by atoms with Crippen molar-refractivity contribution >= 4 is 27.3 Å². The highest BCUT2D eigenvalue weighted by atomic mass is 32.2. The Morgan fingerprint density at radius 3 is 2.58 bits per heavy atom. The van der Waals surface area contributed by atoms with Gasteiger partial charge in [0, 0.05) is 18.8 Å². The molecule has 1 aromatic heterocycles. The second kappa shape index (κ2) is 5.43. The summed E-state index contributed by atoms with van der Waals surface area (Å²) in [6.45, 7) is 2.59. The van der Waals surface area contributed by atoms with E-state index in [1.54, 1.807) is 4.90 Å². The quantitative estimate of drug-likeness (QED) is 0.794. The number of nitrogens with zero attached hydrogens (tertiary/aromatic N) is 1. The summed E-state index contributed by atoms with van der Waals surface area (Å²) in [6, 6.07) is 0. The van der Waals surface area contributed by atoms with Crippen molar-refractivity contribution in [3.05, 3.63) is 15.4 Å². The van der Waals surface area contributed by atoms with Crippen LogP contribution in [0.3, 0.4) is 0 Å². The molecule has 0 aliphatic carbocycles. The third-order valence-electron chi connectivity index (χ3n) is 2.90. The fraction of sp³-hybridized carbons (Fsp3) is 0.600. The molecule has 0 spiro atoms. The highest BCUT2D eigenvalue weighted by Gasteiger charge is 2.23. The van der Waals surface area contributed by atoms with Gasteiger partial charge in [0.15, 0.2) is 4.21 Å². The Labute approximate surface area is 114 Å². The van der Waals surface area contributed by atoms with Gasteiger partial charge in [0.05, 0.1) is 6.54 Å². The lowest BCUT2D eigenvalue weighted by atomic mass is 10.4. The summed E-state index contributed by atoms with van der Waals surface area (Å²) in [5.41, 5.74) is 0.288. The fourth-order valence-corrected chi connectivity index (χ4v) is 4.27. The molecule has 1 fully saturated rings. The van der Waals surface area contributed by atoms with Crippen LogP contribution in [0.25, 0.3) is 0 Å². The van der Waals surface area contributed by atoms with Crippen molar-refractivity contribution in [3.63, 3.8) is 0 Å². The van der Waals surface area contributed by atoms with Crippen LogP contribution in [0.2, 0.25) is 0 Å². The molecule has 1 aliphatic heterocycles. The van der Waals surface area contributed by atoms with Crippen LogP contribution < -0.4 is 9.60 Å². The van der Waals surface area contributed by atoms with Gasteiger partial charge in [-0.15, -0.1) is 0 Å². The average molecular weight is 305 g/mol. The molecule has 7 nitrogen and oxygen atoms in total. The van der Waals surface area contributed by atoms with Crippen molar-refractivity contribution in [3.8, 4) is 0 Å². The minimum absolute atomic E-state index is 0.0632. The van der Waals surface area contributed by atoms with Crippen LogP contribution >= 0.6 is 11.3 Å². The fourth-order valence-electron chi connectivity index (χ4n) is 1.95. The lowest BCUT2D eigenvalue weighted by molar-refractivity contribution is -0.128. The second-order valence-electron chi connectivity index (χ2n) is 4.34. The number of carbonyl (C=O) groups excluding carboxylic acids is 1. The molecule has 106 valence electrons. The molecule has 0 radical (unpaired) electrons. The van der Waals surface area contributed by atoms with Crippen molar-refractivity contribution in [2.45, 2.75) is 24.0 Å². The highest BCUT2D eigenvalue weighted by molar-refractivity contribution is 7.91. The largest absolute Gasteiger partial charge is 0.342 e. The Hall–Kier alpha value is -1.19. The number of aromatic amines is 1. The van der Waals surface area contributed by atoms with Crippen molar-refractivity contribution in [2.24, 2.45) is 0 Å². The van der Waals surface area contributed by atoms with Crippen molar-refractivity contribution in [1.82, 2.24) is 14.6 Å². The highest BCUT2D eigenvalue weighted by Crippen LogP contribution is 2.15. The number of aromatic nitrogens is 1. The van der Waals surface area contributed by atoms with E-state index in [1.807, 2.05) is 0 Å². The summed E-state index contributed by atoms with van der Waals surface area (Å²) >= 11 is 0.619. The Kier molecular flexibility index (Phi) is 4.07. The normalized spacial score (nSPS) is 15.9. The molecule has 9 heteroatoms. The number of H-pyrrole nitrogens is 1. The Balaban J connectivity index is 2.03. The molecule has 2 heterocycles. The zero-order chi connectivity index (χ0) is 14.0. The molecule has 1 aliphatic rings. The zero-order valence-electron chi connectivity index (χ0n) is 10.4. The molecular formula is C10H15N3O4S2. The maximum Gasteiger partial charge on any atom is 0.305 e. The topological polar surface area (TPSA) is 99.3 Å². The standard InChI is InChI=1S/C10H15N3O4S2/c1-7-9(18-10(15)12-7)19(16,17)11-6-8(14)13-4-2-3-5-13/h11H,2-6H2,1H3,(H,12,15). The third-order valence-corrected chi connectivity index (χ3v) is 5.90. The van der Waals surface area contributed by atoms with Crippen molar-refractivity contribution in [2.75, 3.05) is 19.6 Å². The number of hydrogen-bond acceptors (Lipinski definition) is 5. The van der Waals surface area contributed by atoms with Gasteiger partial charge < -0.3 is 9.88 Å². The van der Waals surface area contributed by atoms with Gasteiger partial charge in [-0.25, -0.2) is 13.1 Å². The number of thiazole rings is 1. The first-order chi connectivity index (χ1) is 8.90. The molecule has 0 unspecified atom stereocenters. The number of rotatable bonds is 4. The van der Waals surface area contributed by atoms with Gasteiger partial charge in [0.1, 0.15) is 0 Å². The second-order valence-corrected chi connectivity index (χ2v) is 7.28. The summed E-state index contributed by atoms with van der Waals surface area (Å²) < 4.78 is 26.1. The smallest absolute Gasteiger partial charge is 0.305 e. The SMILES string of the molecule is Cc1[nH]c(=O)sc1S(=O)(=O)NCC(=O)N1CCCC1. The van der Waals surface area contributed by atoms with Crippen molar-refractivity contribution < 1.29 is 13.2 Å². The van der Waals surface area contributed by atoms with Gasteiger partial charge >= 0.3 is 4.87 Å². The van der Waals surface area contributed by atoms with E-state index < -0.39 is 14.9 Å². The summed E-state index contributed by atoms with van der Waals surface area (Å²) in [6.07, 6.45) is 1.91. The number of amides is 1. The zero-order valence-corrected chi connectivity index (χ0v) is 12.1. The van der Waals surface area contributed by atoms with Crippen LogP contribution in [0.4, 0.5) is 0 Å². The van der Waals surface area contributed by atoms with Crippen LogP contribution in [-0.4, -0.2) is 43.8 Å². The van der Waals surface area contributed by atoms with Gasteiger partial charge in [-0.1, -0.05) is 11.3 Å². The van der Waals surface area contributed by atoms with Gasteiger partial charge in [0.25, 0.3) is 10.0 Å². The molecular weight excluding hydrogens is 290 g/mol. The maximum atomic E-state index is 12.0. The number of nitrogens with one attached hydrogen (secondary N) is 2. The molecule has 1 amide bonds. The minimum Gasteiger partial charge on any atom is -0.342 e. The van der Waals surface area contributed by atoms with E-state index in [4.69, 9.17) is 0 Å². The van der Waals surface area contributed by atoms with E-state index in [1.165, 1.54) is 6.92 Å². The number of sulfonamides is 1. The molecule has 1 saturated heterocycles. The van der Waals surface area contributed by atoms with Gasteiger partial charge in [-0.2, -0.15) is 0 Å². The van der Waals surface area contributed by atoms with E-state index in [0.29, 0.717) is 24.4 Å². The van der Waals surface area contributed by atoms with Crippen LogP contribution in [0.15, 0.2) is 9.00 Å². The Morgan fingerprint density at radius 1 is 1.42 bits per heavy atom. The van der Waals surface area contributed by atoms with Gasteiger partial charge in [-0.05, 0) is 19.8 Å². The molecule has 0 bridgehead atoms. The molecule has 0 saturated carbocycles. The molecule has 2 N–H and O–H groups in total. The number of carbonyl (C=O) groups is 1. The third kappa shape index (κ3) is 3.23. The number of likely N-dealkylation sites (tertiary alicyclic amines) is 1. The maximum absolute atomic E-state index is 12.0. The summed E-state index contributed by atoms with van der Waals surface area (Å²) in [7, 11) is -3.80. The van der Waals surface area contributed by atoms with E-state index in [2.05, 4.69) is 9.71 Å². The monoisotopic (exact) mass is 305 g/mol.